The number of furan rings is 1. The Morgan fingerprint density at radius 3 is 2.68 bits per heavy atom. The zero-order chi connectivity index (χ0) is 26.0. The summed E-state index contributed by atoms with van der Waals surface area (Å²) in [6.45, 7) is 3.10. The van der Waals surface area contributed by atoms with Gasteiger partial charge in [-0.2, -0.15) is 4.80 Å². The van der Waals surface area contributed by atoms with Gasteiger partial charge in [-0.15, -0.1) is 10.2 Å². The van der Waals surface area contributed by atoms with Crippen molar-refractivity contribution in [1.82, 2.24) is 30.4 Å². The predicted molar refractivity (Wildman–Crippen MR) is 134 cm³/mol. The van der Waals surface area contributed by atoms with Crippen LogP contribution in [0.15, 0.2) is 47.1 Å². The monoisotopic (exact) mass is 510 g/mol. The van der Waals surface area contributed by atoms with Crippen molar-refractivity contribution in [2.75, 3.05) is 26.9 Å². The zero-order valence-electron chi connectivity index (χ0n) is 21.3. The van der Waals surface area contributed by atoms with E-state index < -0.39 is 6.04 Å². The highest BCUT2D eigenvalue weighted by atomic mass is 16.5. The number of rotatable bonds is 13. The minimum absolute atomic E-state index is 0.106. The van der Waals surface area contributed by atoms with E-state index in [1.54, 1.807) is 31.4 Å². The van der Waals surface area contributed by atoms with Crippen molar-refractivity contribution in [3.8, 4) is 17.1 Å². The molecule has 11 heteroatoms. The topological polar surface area (TPSA) is 125 Å². The predicted octanol–water partition coefficient (Wildman–Crippen LogP) is 3.00. The van der Waals surface area contributed by atoms with Crippen molar-refractivity contribution in [3.63, 3.8) is 0 Å². The maximum Gasteiger partial charge on any atom is 0.250 e. The van der Waals surface area contributed by atoms with Gasteiger partial charge in [0, 0.05) is 31.4 Å². The molecule has 1 unspecified atom stereocenters. The van der Waals surface area contributed by atoms with Crippen LogP contribution < -0.4 is 10.1 Å². The maximum absolute atomic E-state index is 13.6. The minimum Gasteiger partial charge on any atom is -0.497 e. The lowest BCUT2D eigenvalue weighted by molar-refractivity contribution is -0.143. The molecule has 2 aromatic heterocycles. The van der Waals surface area contributed by atoms with Gasteiger partial charge in [0.05, 0.1) is 13.4 Å². The van der Waals surface area contributed by atoms with Crippen molar-refractivity contribution >= 4 is 11.8 Å². The van der Waals surface area contributed by atoms with Gasteiger partial charge in [-0.25, -0.2) is 0 Å². The molecule has 37 heavy (non-hydrogen) atoms. The van der Waals surface area contributed by atoms with Gasteiger partial charge >= 0.3 is 0 Å². The molecule has 0 radical (unpaired) electrons. The third kappa shape index (κ3) is 6.94. The van der Waals surface area contributed by atoms with Gasteiger partial charge in [0.2, 0.25) is 11.7 Å². The number of nitrogens with one attached hydrogen (secondary N) is 1. The molecule has 1 aliphatic carbocycles. The largest absolute Gasteiger partial charge is 0.497 e. The van der Waals surface area contributed by atoms with Crippen molar-refractivity contribution in [1.29, 1.82) is 0 Å². The Balaban J connectivity index is 1.53. The minimum atomic E-state index is -0.908. The molecule has 0 bridgehead atoms. The fourth-order valence-corrected chi connectivity index (χ4v) is 4.48. The van der Waals surface area contributed by atoms with Gasteiger partial charge < -0.3 is 24.1 Å². The summed E-state index contributed by atoms with van der Waals surface area (Å²) in [5.41, 5.74) is 0.748. The second-order valence-electron chi connectivity index (χ2n) is 8.92. The van der Waals surface area contributed by atoms with E-state index in [1.807, 2.05) is 19.1 Å². The quantitative estimate of drug-likeness (QED) is 0.348. The summed E-state index contributed by atoms with van der Waals surface area (Å²) in [4.78, 5) is 29.8. The molecule has 1 saturated carbocycles. The molecule has 1 N–H and O–H groups in total. The van der Waals surface area contributed by atoms with E-state index in [4.69, 9.17) is 13.9 Å². The molecule has 1 aliphatic rings. The Bertz CT molecular complexity index is 1120. The summed E-state index contributed by atoms with van der Waals surface area (Å²) < 4.78 is 16.3. The molecule has 0 saturated heterocycles. The smallest absolute Gasteiger partial charge is 0.250 e. The summed E-state index contributed by atoms with van der Waals surface area (Å²) in [7, 11) is 1.60. The number of hydrogen-bond acceptors (Lipinski definition) is 8. The molecule has 2 heterocycles. The summed E-state index contributed by atoms with van der Waals surface area (Å²) in [6, 6.07) is 9.88. The van der Waals surface area contributed by atoms with Crippen LogP contribution in [-0.2, 0) is 20.9 Å². The number of hydrogen-bond donors (Lipinski definition) is 1. The molecule has 2 amide bonds. The SMILES string of the molecule is CCOCCCN(C(=O)Cn1nnc(-c2ccc(OC)cc2)n1)C(C(=O)NC1CCCC1)c1ccco1. The average molecular weight is 511 g/mol. The van der Waals surface area contributed by atoms with E-state index in [1.165, 1.54) is 16.0 Å². The lowest BCUT2D eigenvalue weighted by Gasteiger charge is -2.30. The lowest BCUT2D eigenvalue weighted by atomic mass is 10.1. The normalized spacial score (nSPS) is 14.4. The Kier molecular flexibility index (Phi) is 9.25. The highest BCUT2D eigenvalue weighted by Crippen LogP contribution is 2.25. The van der Waals surface area contributed by atoms with Crippen LogP contribution in [0.2, 0.25) is 0 Å². The number of carbonyl (C=O) groups is 2. The molecule has 0 spiro atoms. The Morgan fingerprint density at radius 2 is 2.00 bits per heavy atom. The van der Waals surface area contributed by atoms with Crippen LogP contribution in [0.5, 0.6) is 5.75 Å². The Hall–Kier alpha value is -3.73. The van der Waals surface area contributed by atoms with Crippen LogP contribution >= 0.6 is 0 Å². The first-order valence-corrected chi connectivity index (χ1v) is 12.7. The molecule has 1 aromatic carbocycles. The first-order valence-electron chi connectivity index (χ1n) is 12.7. The van der Waals surface area contributed by atoms with Crippen molar-refractivity contribution in [3.05, 3.63) is 48.4 Å². The zero-order valence-corrected chi connectivity index (χ0v) is 21.3. The van der Waals surface area contributed by atoms with Gasteiger partial charge in [0.25, 0.3) is 5.91 Å². The number of methoxy groups -OCH3 is 1. The van der Waals surface area contributed by atoms with Crippen molar-refractivity contribution in [2.24, 2.45) is 0 Å². The number of nitrogens with zero attached hydrogens (tertiary/aromatic N) is 5. The Labute approximate surface area is 216 Å². The van der Waals surface area contributed by atoms with Crippen LogP contribution in [0, 0.1) is 0 Å². The maximum atomic E-state index is 13.6. The van der Waals surface area contributed by atoms with Gasteiger partial charge in [-0.3, -0.25) is 9.59 Å². The van der Waals surface area contributed by atoms with Crippen molar-refractivity contribution in [2.45, 2.75) is 57.7 Å². The summed E-state index contributed by atoms with van der Waals surface area (Å²) >= 11 is 0. The number of tetrazole rings is 1. The standard InChI is InChI=1S/C26H34N6O5/c1-3-36-16-7-15-31(24(22-10-6-17-37-22)26(34)27-20-8-4-5-9-20)23(33)18-32-29-25(28-30-32)19-11-13-21(35-2)14-12-19/h6,10-14,17,20,24H,3-5,7-9,15-16,18H2,1-2H3,(H,27,34). The van der Waals surface area contributed by atoms with Crippen LogP contribution in [-0.4, -0.2) is 69.8 Å². The third-order valence-electron chi connectivity index (χ3n) is 6.36. The van der Waals surface area contributed by atoms with E-state index >= 15 is 0 Å². The van der Waals surface area contributed by atoms with Crippen LogP contribution in [0.4, 0.5) is 0 Å². The number of aromatic nitrogens is 4. The average Bonchev–Trinajstić information content (AvgIpc) is 3.70. The molecular weight excluding hydrogens is 476 g/mol. The fourth-order valence-electron chi connectivity index (χ4n) is 4.48. The van der Waals surface area contributed by atoms with E-state index in [9.17, 15) is 9.59 Å². The number of benzene rings is 1. The molecule has 1 atom stereocenters. The molecule has 3 aromatic rings. The highest BCUT2D eigenvalue weighted by molar-refractivity contribution is 5.88. The molecule has 4 rings (SSSR count). The molecule has 11 nitrogen and oxygen atoms in total. The van der Waals surface area contributed by atoms with E-state index in [0.29, 0.717) is 43.5 Å². The first-order chi connectivity index (χ1) is 18.1. The van der Waals surface area contributed by atoms with Crippen LogP contribution in [0.25, 0.3) is 11.4 Å². The first kappa shape index (κ1) is 26.3. The number of ether oxygens (including phenoxy) is 2. The van der Waals surface area contributed by atoms with Gasteiger partial charge in [0.1, 0.15) is 18.1 Å². The van der Waals surface area contributed by atoms with Gasteiger partial charge in [-0.1, -0.05) is 12.8 Å². The molecule has 198 valence electrons. The second-order valence-corrected chi connectivity index (χ2v) is 8.92. The summed E-state index contributed by atoms with van der Waals surface area (Å²) in [6.07, 6.45) is 6.12. The van der Waals surface area contributed by atoms with Crippen LogP contribution in [0.3, 0.4) is 0 Å². The highest BCUT2D eigenvalue weighted by Gasteiger charge is 2.35. The molecular formula is C26H34N6O5. The summed E-state index contributed by atoms with van der Waals surface area (Å²) in [5.74, 6) is 0.940. The van der Waals surface area contributed by atoms with E-state index in [2.05, 4.69) is 20.7 Å². The Morgan fingerprint density at radius 1 is 1.22 bits per heavy atom. The number of carbonyl (C=O) groups excluding carboxylic acids is 2. The van der Waals surface area contributed by atoms with Gasteiger partial charge in [0.15, 0.2) is 6.04 Å². The molecule has 1 fully saturated rings. The second kappa shape index (κ2) is 13.0. The molecule has 0 aliphatic heterocycles. The number of amides is 2. The van der Waals surface area contributed by atoms with Crippen LogP contribution in [0.1, 0.15) is 50.8 Å². The lowest BCUT2D eigenvalue weighted by Crippen LogP contribution is -2.47. The van der Waals surface area contributed by atoms with Crippen molar-refractivity contribution < 1.29 is 23.5 Å². The fraction of sp³-hybridized carbons (Fsp3) is 0.500. The van der Waals surface area contributed by atoms with E-state index in [-0.39, 0.29) is 24.4 Å². The van der Waals surface area contributed by atoms with Gasteiger partial charge in [-0.05, 0) is 67.8 Å². The third-order valence-corrected chi connectivity index (χ3v) is 6.36. The summed E-state index contributed by atoms with van der Waals surface area (Å²) in [5, 5.41) is 15.7. The van der Waals surface area contributed by atoms with E-state index in [0.717, 1.165) is 31.2 Å².